The molecule has 0 unspecified atom stereocenters. The minimum atomic E-state index is 0.0154. The van der Waals surface area contributed by atoms with Crippen molar-refractivity contribution >= 4 is 41.0 Å². The molecule has 0 saturated carbocycles. The van der Waals surface area contributed by atoms with Gasteiger partial charge in [-0.15, -0.1) is 0 Å². The average Bonchev–Trinajstić information content (AvgIpc) is 3.24. The van der Waals surface area contributed by atoms with E-state index in [1.54, 1.807) is 0 Å². The molecule has 0 aliphatic carbocycles. The molecule has 7 heteroatoms. The lowest BCUT2D eigenvalue weighted by atomic mass is 9.96. The lowest BCUT2D eigenvalue weighted by Gasteiger charge is -2.32. The Morgan fingerprint density at radius 1 is 1.16 bits per heavy atom. The number of likely N-dealkylation sites (tertiary alicyclic amines) is 1. The summed E-state index contributed by atoms with van der Waals surface area (Å²) in [6, 6.07) is 14.1. The molecule has 1 N–H and O–H groups in total. The first kappa shape index (κ1) is 21.6. The quantitative estimate of drug-likeness (QED) is 0.538. The molecule has 0 atom stereocenters. The highest BCUT2D eigenvalue weighted by Crippen LogP contribution is 2.34. The third-order valence-electron chi connectivity index (χ3n) is 6.37. The normalized spacial score (nSPS) is 16.8. The summed E-state index contributed by atoms with van der Waals surface area (Å²) in [4.78, 5) is 20.5. The van der Waals surface area contributed by atoms with Crippen LogP contribution in [0.1, 0.15) is 30.5 Å². The highest BCUT2D eigenvalue weighted by Gasteiger charge is 2.23. The number of piperidine rings is 1. The Hall–Kier alpha value is -2.28. The Labute approximate surface area is 197 Å². The first-order chi connectivity index (χ1) is 15.7. The van der Waals surface area contributed by atoms with E-state index in [4.69, 9.17) is 11.6 Å². The number of aromatic nitrogens is 2. The third-order valence-corrected chi connectivity index (χ3v) is 7.79. The molecule has 0 spiro atoms. The molecule has 1 amide bonds. The zero-order valence-electron chi connectivity index (χ0n) is 18.0. The molecule has 4 heterocycles. The van der Waals surface area contributed by atoms with E-state index in [0.717, 1.165) is 78.2 Å². The summed E-state index contributed by atoms with van der Waals surface area (Å²) in [6.07, 6.45) is 8.17. The summed E-state index contributed by atoms with van der Waals surface area (Å²) >= 11 is 7.77. The van der Waals surface area contributed by atoms with Crippen LogP contribution in [0.4, 0.5) is 0 Å². The topological polar surface area (TPSA) is 49.6 Å². The van der Waals surface area contributed by atoms with E-state index in [9.17, 15) is 4.79 Å². The van der Waals surface area contributed by atoms with Crippen molar-refractivity contribution < 1.29 is 4.79 Å². The van der Waals surface area contributed by atoms with Gasteiger partial charge in [-0.1, -0.05) is 47.6 Å². The van der Waals surface area contributed by atoms with Gasteiger partial charge in [0.1, 0.15) is 5.65 Å². The predicted molar refractivity (Wildman–Crippen MR) is 131 cm³/mol. The SMILES string of the molecule is O=C(NCC1CCN(CCCc2ccccc2Cl)CC1)C1=Cc2cnc3cccc(n23)S1. The number of halogens is 1. The summed E-state index contributed by atoms with van der Waals surface area (Å²) in [6.45, 7) is 4.05. The molecule has 0 bridgehead atoms. The van der Waals surface area contributed by atoms with E-state index in [1.165, 1.54) is 17.3 Å². The highest BCUT2D eigenvalue weighted by molar-refractivity contribution is 8.04. The molecule has 32 heavy (non-hydrogen) atoms. The second kappa shape index (κ2) is 9.69. The maximum atomic E-state index is 12.8. The smallest absolute Gasteiger partial charge is 0.258 e. The van der Waals surface area contributed by atoms with Crippen LogP contribution < -0.4 is 5.32 Å². The van der Waals surface area contributed by atoms with E-state index in [2.05, 4.69) is 31.7 Å². The minimum Gasteiger partial charge on any atom is -0.351 e. The number of benzene rings is 1. The Morgan fingerprint density at radius 3 is 2.84 bits per heavy atom. The molecule has 0 radical (unpaired) electrons. The Kier molecular flexibility index (Phi) is 6.53. The average molecular weight is 467 g/mol. The summed E-state index contributed by atoms with van der Waals surface area (Å²) < 4.78 is 2.09. The Morgan fingerprint density at radius 2 is 2.00 bits per heavy atom. The summed E-state index contributed by atoms with van der Waals surface area (Å²) in [7, 11) is 0. The van der Waals surface area contributed by atoms with Gasteiger partial charge in [0.2, 0.25) is 0 Å². The van der Waals surface area contributed by atoms with Gasteiger partial charge in [0.25, 0.3) is 5.91 Å². The van der Waals surface area contributed by atoms with Crippen molar-refractivity contribution in [3.63, 3.8) is 0 Å². The number of hydrogen-bond acceptors (Lipinski definition) is 4. The lowest BCUT2D eigenvalue weighted by molar-refractivity contribution is -0.117. The maximum Gasteiger partial charge on any atom is 0.258 e. The third kappa shape index (κ3) is 4.72. The second-order valence-corrected chi connectivity index (χ2v) is 10.0. The first-order valence-electron chi connectivity index (χ1n) is 11.3. The van der Waals surface area contributed by atoms with Crippen LogP contribution in [-0.4, -0.2) is 46.4 Å². The number of nitrogens with one attached hydrogen (secondary N) is 1. The monoisotopic (exact) mass is 466 g/mol. The van der Waals surface area contributed by atoms with Gasteiger partial charge in [-0.25, -0.2) is 4.98 Å². The fourth-order valence-electron chi connectivity index (χ4n) is 4.53. The van der Waals surface area contributed by atoms with Crippen LogP contribution in [0.5, 0.6) is 0 Å². The van der Waals surface area contributed by atoms with Crippen LogP contribution in [0.15, 0.2) is 58.6 Å². The van der Waals surface area contributed by atoms with Crippen LogP contribution in [0.3, 0.4) is 0 Å². The van der Waals surface area contributed by atoms with Gasteiger partial charge in [0, 0.05) is 11.6 Å². The van der Waals surface area contributed by atoms with Crippen molar-refractivity contribution in [3.8, 4) is 0 Å². The van der Waals surface area contributed by atoms with E-state index >= 15 is 0 Å². The number of amides is 1. The molecule has 1 saturated heterocycles. The summed E-state index contributed by atoms with van der Waals surface area (Å²) in [5, 5.41) is 5.08. The minimum absolute atomic E-state index is 0.0154. The molecule has 166 valence electrons. The fraction of sp³-hybridized carbons (Fsp3) is 0.360. The lowest BCUT2D eigenvalue weighted by Crippen LogP contribution is -2.39. The highest BCUT2D eigenvalue weighted by atomic mass is 35.5. The molecule has 2 aliphatic rings. The number of pyridine rings is 1. The Bertz CT molecular complexity index is 1150. The van der Waals surface area contributed by atoms with Crippen LogP contribution in [-0.2, 0) is 11.2 Å². The van der Waals surface area contributed by atoms with Crippen molar-refractivity contribution in [3.05, 3.63) is 69.8 Å². The first-order valence-corrected chi connectivity index (χ1v) is 12.5. The number of rotatable bonds is 7. The van der Waals surface area contributed by atoms with Crippen molar-refractivity contribution in [2.75, 3.05) is 26.2 Å². The standard InChI is InChI=1S/C25H27ClN4OS/c26-21-7-2-1-5-19(21)6-4-12-29-13-10-18(11-14-29)16-28-25(31)22-15-20-17-27-23-8-3-9-24(32-22)30(20)23/h1-3,5,7-9,15,17-18H,4,6,10-14,16H2,(H,28,31). The molecule has 2 aromatic heterocycles. The van der Waals surface area contributed by atoms with Crippen LogP contribution >= 0.6 is 23.4 Å². The van der Waals surface area contributed by atoms with Gasteiger partial charge in [0.15, 0.2) is 0 Å². The number of imidazole rings is 1. The summed E-state index contributed by atoms with van der Waals surface area (Å²) in [5.74, 6) is 0.559. The van der Waals surface area contributed by atoms with Crippen LogP contribution in [0, 0.1) is 5.92 Å². The van der Waals surface area contributed by atoms with Crippen LogP contribution in [0.25, 0.3) is 11.7 Å². The van der Waals surface area contributed by atoms with Gasteiger partial charge >= 0.3 is 0 Å². The van der Waals surface area contributed by atoms with Crippen molar-refractivity contribution in [2.45, 2.75) is 30.7 Å². The maximum absolute atomic E-state index is 12.8. The second-order valence-electron chi connectivity index (χ2n) is 8.54. The number of carbonyl (C=O) groups excluding carboxylic acids is 1. The molecular formula is C25H27ClN4OS. The van der Waals surface area contributed by atoms with Gasteiger partial charge in [-0.2, -0.15) is 0 Å². The molecular weight excluding hydrogens is 440 g/mol. The zero-order valence-corrected chi connectivity index (χ0v) is 19.5. The van der Waals surface area contributed by atoms with Gasteiger partial charge in [-0.05, 0) is 81.1 Å². The number of carbonyl (C=O) groups is 1. The predicted octanol–water partition coefficient (Wildman–Crippen LogP) is 4.90. The van der Waals surface area contributed by atoms with Gasteiger partial charge < -0.3 is 10.2 Å². The van der Waals surface area contributed by atoms with E-state index in [0.29, 0.717) is 5.92 Å². The van der Waals surface area contributed by atoms with E-state index in [-0.39, 0.29) is 5.91 Å². The van der Waals surface area contributed by atoms with Crippen LogP contribution in [0.2, 0.25) is 5.02 Å². The Balaban J connectivity index is 1.06. The molecule has 1 fully saturated rings. The number of nitrogens with zero attached hydrogens (tertiary/aromatic N) is 3. The summed E-state index contributed by atoms with van der Waals surface area (Å²) in [5.41, 5.74) is 3.12. The van der Waals surface area contributed by atoms with Gasteiger partial charge in [-0.3, -0.25) is 9.20 Å². The number of hydrogen-bond donors (Lipinski definition) is 1. The molecule has 5 rings (SSSR count). The number of aryl methyl sites for hydroxylation is 1. The largest absolute Gasteiger partial charge is 0.351 e. The molecule has 3 aromatic rings. The van der Waals surface area contributed by atoms with Crippen molar-refractivity contribution in [2.24, 2.45) is 5.92 Å². The molecule has 1 aromatic carbocycles. The zero-order chi connectivity index (χ0) is 21.9. The van der Waals surface area contributed by atoms with E-state index < -0.39 is 0 Å². The van der Waals surface area contributed by atoms with Gasteiger partial charge in [0.05, 0.1) is 21.8 Å². The van der Waals surface area contributed by atoms with E-state index in [1.807, 2.05) is 42.6 Å². The molecule has 2 aliphatic heterocycles. The number of thioether (sulfide) groups is 1. The van der Waals surface area contributed by atoms with Crippen molar-refractivity contribution in [1.29, 1.82) is 0 Å². The molecule has 5 nitrogen and oxygen atoms in total. The fourth-order valence-corrected chi connectivity index (χ4v) is 5.77. The van der Waals surface area contributed by atoms with Crippen molar-refractivity contribution in [1.82, 2.24) is 19.6 Å².